The van der Waals surface area contributed by atoms with Gasteiger partial charge in [-0.3, -0.25) is 9.59 Å². The first kappa shape index (κ1) is 15.9. The summed E-state index contributed by atoms with van der Waals surface area (Å²) in [6.45, 7) is 4.84. The molecule has 0 radical (unpaired) electrons. The van der Waals surface area contributed by atoms with Crippen LogP contribution in [0.3, 0.4) is 0 Å². The Kier molecular flexibility index (Phi) is 8.35. The van der Waals surface area contributed by atoms with Crippen LogP contribution in [0, 0.1) is 5.92 Å². The van der Waals surface area contributed by atoms with E-state index in [1.54, 1.807) is 20.9 Å². The maximum Gasteiger partial charge on any atom is 0.306 e. The second-order valence-corrected chi connectivity index (χ2v) is 3.88. The predicted molar refractivity (Wildman–Crippen MR) is 63.8 cm³/mol. The molecule has 0 rings (SSSR count). The number of hydrogen-bond donors (Lipinski definition) is 3. The Hall–Kier alpha value is -1.14. The molecule has 2 unspecified atom stereocenters. The van der Waals surface area contributed by atoms with E-state index < -0.39 is 12.1 Å². The van der Waals surface area contributed by atoms with Crippen LogP contribution >= 0.6 is 0 Å². The third-order valence-corrected chi connectivity index (χ3v) is 2.27. The Morgan fingerprint density at radius 1 is 1.35 bits per heavy atom. The van der Waals surface area contributed by atoms with Gasteiger partial charge in [0.25, 0.3) is 0 Å². The minimum absolute atomic E-state index is 0.102. The van der Waals surface area contributed by atoms with Crippen LogP contribution in [0.2, 0.25) is 0 Å². The minimum atomic E-state index is -0.930. The van der Waals surface area contributed by atoms with E-state index in [-0.39, 0.29) is 24.8 Å². The number of carbonyl (C=O) groups excluding carboxylic acids is 1. The summed E-state index contributed by atoms with van der Waals surface area (Å²) in [5, 5.41) is 14.3. The summed E-state index contributed by atoms with van der Waals surface area (Å²) < 4.78 is 5.23. The smallest absolute Gasteiger partial charge is 0.306 e. The maximum atomic E-state index is 11.6. The Labute approximate surface area is 102 Å². The van der Waals surface area contributed by atoms with Crippen molar-refractivity contribution in [3.63, 3.8) is 0 Å². The van der Waals surface area contributed by atoms with Gasteiger partial charge < -0.3 is 20.5 Å². The molecule has 6 heteroatoms. The molecular weight excluding hydrogens is 224 g/mol. The van der Waals surface area contributed by atoms with Crippen LogP contribution in [-0.2, 0) is 14.3 Å². The molecule has 1 amide bonds. The van der Waals surface area contributed by atoms with Gasteiger partial charge in [0, 0.05) is 25.6 Å². The molecule has 3 N–H and O–H groups in total. The molecule has 0 aliphatic heterocycles. The van der Waals surface area contributed by atoms with Gasteiger partial charge in [0.05, 0.1) is 12.5 Å². The first-order valence-corrected chi connectivity index (χ1v) is 5.76. The van der Waals surface area contributed by atoms with Crippen molar-refractivity contribution >= 4 is 11.9 Å². The van der Waals surface area contributed by atoms with E-state index in [2.05, 4.69) is 10.6 Å². The van der Waals surface area contributed by atoms with Crippen molar-refractivity contribution in [2.24, 2.45) is 5.92 Å². The van der Waals surface area contributed by atoms with Gasteiger partial charge in [-0.25, -0.2) is 0 Å². The molecule has 0 aromatic rings. The summed E-state index contributed by atoms with van der Waals surface area (Å²) in [6.07, 6.45) is -0.572. The molecule has 0 saturated heterocycles. The highest BCUT2D eigenvalue weighted by Gasteiger charge is 2.17. The summed E-state index contributed by atoms with van der Waals surface area (Å²) in [6, 6.07) is 0. The first-order chi connectivity index (χ1) is 8.01. The van der Waals surface area contributed by atoms with Gasteiger partial charge in [0.2, 0.25) is 5.91 Å². The van der Waals surface area contributed by atoms with Crippen LogP contribution in [0.1, 0.15) is 20.3 Å². The van der Waals surface area contributed by atoms with E-state index >= 15 is 0 Å². The summed E-state index contributed by atoms with van der Waals surface area (Å²) in [7, 11) is 1.78. The van der Waals surface area contributed by atoms with Crippen molar-refractivity contribution in [2.45, 2.75) is 26.4 Å². The molecular formula is C11H22N2O4. The lowest BCUT2D eigenvalue weighted by atomic mass is 10.1. The number of carboxylic acid groups (broad SMARTS) is 1. The van der Waals surface area contributed by atoms with Crippen molar-refractivity contribution < 1.29 is 19.4 Å². The van der Waals surface area contributed by atoms with Gasteiger partial charge in [0.1, 0.15) is 0 Å². The number of aliphatic carboxylic acids is 1. The molecule has 0 aliphatic carbocycles. The lowest BCUT2D eigenvalue weighted by Gasteiger charge is -2.17. The highest BCUT2D eigenvalue weighted by atomic mass is 16.5. The SMILES string of the molecule is CCOC(CNC(=O)C(C)CNC)CC(=O)O. The third kappa shape index (κ3) is 7.70. The third-order valence-electron chi connectivity index (χ3n) is 2.27. The number of ether oxygens (including phenoxy) is 1. The highest BCUT2D eigenvalue weighted by molar-refractivity contribution is 5.78. The average Bonchev–Trinajstić information content (AvgIpc) is 2.25. The average molecular weight is 246 g/mol. The van der Waals surface area contributed by atoms with Gasteiger partial charge in [0.15, 0.2) is 0 Å². The van der Waals surface area contributed by atoms with Gasteiger partial charge in [-0.15, -0.1) is 0 Å². The number of amides is 1. The van der Waals surface area contributed by atoms with Crippen LogP contribution in [0.15, 0.2) is 0 Å². The molecule has 17 heavy (non-hydrogen) atoms. The Morgan fingerprint density at radius 3 is 2.47 bits per heavy atom. The molecule has 2 atom stereocenters. The van der Waals surface area contributed by atoms with Crippen LogP contribution in [0.25, 0.3) is 0 Å². The van der Waals surface area contributed by atoms with Crippen molar-refractivity contribution in [1.29, 1.82) is 0 Å². The van der Waals surface area contributed by atoms with E-state index in [0.29, 0.717) is 13.2 Å². The molecule has 0 bridgehead atoms. The molecule has 0 aromatic heterocycles. The van der Waals surface area contributed by atoms with Gasteiger partial charge >= 0.3 is 5.97 Å². The van der Waals surface area contributed by atoms with Crippen LogP contribution in [-0.4, -0.2) is 49.8 Å². The summed E-state index contributed by atoms with van der Waals surface area (Å²) in [4.78, 5) is 22.1. The lowest BCUT2D eigenvalue weighted by molar-refractivity contribution is -0.140. The zero-order chi connectivity index (χ0) is 13.3. The number of nitrogens with one attached hydrogen (secondary N) is 2. The zero-order valence-corrected chi connectivity index (χ0v) is 10.7. The molecule has 0 aromatic carbocycles. The highest BCUT2D eigenvalue weighted by Crippen LogP contribution is 1.99. The molecule has 100 valence electrons. The quantitative estimate of drug-likeness (QED) is 0.526. The topological polar surface area (TPSA) is 87.7 Å². The second kappa shape index (κ2) is 8.95. The Bertz CT molecular complexity index is 246. The van der Waals surface area contributed by atoms with E-state index in [1.165, 1.54) is 0 Å². The maximum absolute atomic E-state index is 11.6. The standard InChI is InChI=1S/C11H22N2O4/c1-4-17-9(5-10(14)15)7-13-11(16)8(2)6-12-3/h8-9,12H,4-7H2,1-3H3,(H,13,16)(H,14,15). The van der Waals surface area contributed by atoms with Crippen molar-refractivity contribution in [2.75, 3.05) is 26.7 Å². The van der Waals surface area contributed by atoms with Crippen molar-refractivity contribution in [3.05, 3.63) is 0 Å². The summed E-state index contributed by atoms with van der Waals surface area (Å²) in [5.74, 6) is -1.18. The second-order valence-electron chi connectivity index (χ2n) is 3.88. The number of rotatable bonds is 9. The van der Waals surface area contributed by atoms with Crippen LogP contribution in [0.5, 0.6) is 0 Å². The normalized spacial score (nSPS) is 14.1. The summed E-state index contributed by atoms with van der Waals surface area (Å²) >= 11 is 0. The molecule has 0 fully saturated rings. The Morgan fingerprint density at radius 2 is 2.00 bits per heavy atom. The molecule has 0 saturated carbocycles. The largest absolute Gasteiger partial charge is 0.481 e. The van der Waals surface area contributed by atoms with Gasteiger partial charge in [-0.2, -0.15) is 0 Å². The fourth-order valence-corrected chi connectivity index (χ4v) is 1.41. The van der Waals surface area contributed by atoms with E-state index in [9.17, 15) is 9.59 Å². The van der Waals surface area contributed by atoms with Crippen LogP contribution in [0.4, 0.5) is 0 Å². The fraction of sp³-hybridized carbons (Fsp3) is 0.818. The molecule has 0 heterocycles. The lowest BCUT2D eigenvalue weighted by Crippen LogP contribution is -2.40. The predicted octanol–water partition coefficient (Wildman–Crippen LogP) is -0.162. The fourth-order valence-electron chi connectivity index (χ4n) is 1.41. The van der Waals surface area contributed by atoms with Crippen LogP contribution < -0.4 is 10.6 Å². The summed E-state index contributed by atoms with van der Waals surface area (Å²) in [5.41, 5.74) is 0. The van der Waals surface area contributed by atoms with Gasteiger partial charge in [-0.05, 0) is 14.0 Å². The van der Waals surface area contributed by atoms with E-state index in [0.717, 1.165) is 0 Å². The Balaban J connectivity index is 4.02. The number of carboxylic acids is 1. The molecule has 0 spiro atoms. The molecule has 6 nitrogen and oxygen atoms in total. The minimum Gasteiger partial charge on any atom is -0.481 e. The zero-order valence-electron chi connectivity index (χ0n) is 10.7. The van der Waals surface area contributed by atoms with Crippen molar-refractivity contribution in [1.82, 2.24) is 10.6 Å². The van der Waals surface area contributed by atoms with E-state index in [4.69, 9.17) is 9.84 Å². The number of carbonyl (C=O) groups is 2. The van der Waals surface area contributed by atoms with Crippen molar-refractivity contribution in [3.8, 4) is 0 Å². The monoisotopic (exact) mass is 246 g/mol. The first-order valence-electron chi connectivity index (χ1n) is 5.76. The van der Waals surface area contributed by atoms with E-state index in [1.807, 2.05) is 0 Å². The molecule has 0 aliphatic rings. The number of hydrogen-bond acceptors (Lipinski definition) is 4. The van der Waals surface area contributed by atoms with Gasteiger partial charge in [-0.1, -0.05) is 6.92 Å².